The van der Waals surface area contributed by atoms with E-state index in [-0.39, 0.29) is 30.5 Å². The third-order valence-electron chi connectivity index (χ3n) is 4.60. The summed E-state index contributed by atoms with van der Waals surface area (Å²) in [5.74, 6) is -2.34. The number of carbonyl (C=O) groups excluding carboxylic acids is 2. The van der Waals surface area contributed by atoms with Gasteiger partial charge in [-0.05, 0) is 42.0 Å². The molecule has 1 N–H and O–H groups in total. The van der Waals surface area contributed by atoms with Crippen LogP contribution in [0.4, 0.5) is 8.78 Å². The van der Waals surface area contributed by atoms with Gasteiger partial charge in [-0.3, -0.25) is 9.59 Å². The molecule has 138 valence electrons. The van der Waals surface area contributed by atoms with E-state index in [1.165, 1.54) is 10.4 Å². The molecular formula is C19H20F2N2O2S. The maximum Gasteiger partial charge on any atom is 0.254 e. The second kappa shape index (κ2) is 7.95. The topological polar surface area (TPSA) is 49.4 Å². The minimum atomic E-state index is -0.916. The molecular weight excluding hydrogens is 358 g/mol. The van der Waals surface area contributed by atoms with Crippen molar-refractivity contribution >= 4 is 23.2 Å². The molecule has 2 aromatic rings. The van der Waals surface area contributed by atoms with Gasteiger partial charge in [0.15, 0.2) is 0 Å². The zero-order valence-corrected chi connectivity index (χ0v) is 15.2. The third kappa shape index (κ3) is 3.77. The van der Waals surface area contributed by atoms with Crippen molar-refractivity contribution in [2.45, 2.75) is 32.2 Å². The summed E-state index contributed by atoms with van der Waals surface area (Å²) in [5.41, 5.74) is 0.987. The monoisotopic (exact) mass is 378 g/mol. The number of nitrogens with one attached hydrogen (secondary N) is 1. The highest BCUT2D eigenvalue weighted by Crippen LogP contribution is 2.35. The van der Waals surface area contributed by atoms with Crippen LogP contribution in [0, 0.1) is 11.6 Å². The lowest BCUT2D eigenvalue weighted by molar-refractivity contribution is -0.134. The Kier molecular flexibility index (Phi) is 5.66. The number of benzene rings is 1. The highest BCUT2D eigenvalue weighted by atomic mass is 32.1. The van der Waals surface area contributed by atoms with Crippen molar-refractivity contribution < 1.29 is 18.4 Å². The fourth-order valence-corrected chi connectivity index (χ4v) is 4.26. The summed E-state index contributed by atoms with van der Waals surface area (Å²) in [6, 6.07) is 4.94. The van der Waals surface area contributed by atoms with E-state index < -0.39 is 17.5 Å². The minimum absolute atomic E-state index is 0.0337. The van der Waals surface area contributed by atoms with Crippen LogP contribution in [0.5, 0.6) is 0 Å². The fourth-order valence-electron chi connectivity index (χ4n) is 3.33. The Morgan fingerprint density at radius 2 is 2.12 bits per heavy atom. The molecule has 4 nitrogen and oxygen atoms in total. The molecule has 1 aromatic carbocycles. The van der Waals surface area contributed by atoms with E-state index in [2.05, 4.69) is 23.7 Å². The highest BCUT2D eigenvalue weighted by molar-refractivity contribution is 7.10. The summed E-state index contributed by atoms with van der Waals surface area (Å²) in [4.78, 5) is 27.8. The second-order valence-electron chi connectivity index (χ2n) is 6.19. The molecule has 3 rings (SSSR count). The van der Waals surface area contributed by atoms with Crippen molar-refractivity contribution in [3.8, 4) is 0 Å². The van der Waals surface area contributed by atoms with Crippen LogP contribution in [0.25, 0.3) is 0 Å². The Labute approximate surface area is 154 Å². The number of amides is 2. The Balaban J connectivity index is 1.56. The van der Waals surface area contributed by atoms with Crippen LogP contribution in [0.15, 0.2) is 29.6 Å². The summed E-state index contributed by atoms with van der Waals surface area (Å²) < 4.78 is 26.5. The zero-order valence-electron chi connectivity index (χ0n) is 14.4. The molecule has 1 aliphatic heterocycles. The molecule has 0 bridgehead atoms. The van der Waals surface area contributed by atoms with E-state index in [1.54, 1.807) is 11.3 Å². The van der Waals surface area contributed by atoms with Crippen molar-refractivity contribution in [2.75, 3.05) is 13.1 Å². The number of hydrogen-bond acceptors (Lipinski definition) is 3. The average Bonchev–Trinajstić information content (AvgIpc) is 3.09. The fraction of sp³-hybridized carbons (Fsp3) is 0.368. The van der Waals surface area contributed by atoms with Gasteiger partial charge in [-0.15, -0.1) is 11.3 Å². The molecule has 1 atom stereocenters. The summed E-state index contributed by atoms with van der Waals surface area (Å²) in [7, 11) is 0. The molecule has 0 fully saturated rings. The van der Waals surface area contributed by atoms with E-state index in [0.29, 0.717) is 12.6 Å². The standard InChI is InChI=1S/C19H20F2N2O2S/c1-2-16-14-7-10-26-17(14)6-9-23(16)18(24)5-8-22-19(25)13-4-3-12(20)11-15(13)21/h3-4,7,10-11,16H,2,5-6,8-9H2,1H3,(H,22,25). The Morgan fingerprint density at radius 3 is 2.85 bits per heavy atom. The Morgan fingerprint density at radius 1 is 1.31 bits per heavy atom. The molecule has 0 spiro atoms. The second-order valence-corrected chi connectivity index (χ2v) is 7.19. The van der Waals surface area contributed by atoms with Gasteiger partial charge in [-0.25, -0.2) is 8.78 Å². The van der Waals surface area contributed by atoms with Gasteiger partial charge in [0.2, 0.25) is 5.91 Å². The lowest BCUT2D eigenvalue weighted by atomic mass is 9.97. The summed E-state index contributed by atoms with van der Waals surface area (Å²) >= 11 is 1.72. The first-order valence-electron chi connectivity index (χ1n) is 8.60. The van der Waals surface area contributed by atoms with Gasteiger partial charge in [0, 0.05) is 30.5 Å². The van der Waals surface area contributed by atoms with Gasteiger partial charge in [-0.1, -0.05) is 6.92 Å². The van der Waals surface area contributed by atoms with Crippen LogP contribution in [0.1, 0.15) is 46.6 Å². The third-order valence-corrected chi connectivity index (χ3v) is 5.60. The number of thiophene rings is 1. The van der Waals surface area contributed by atoms with Crippen molar-refractivity contribution in [3.63, 3.8) is 0 Å². The van der Waals surface area contributed by atoms with Crippen LogP contribution >= 0.6 is 11.3 Å². The van der Waals surface area contributed by atoms with Crippen LogP contribution in [0.2, 0.25) is 0 Å². The van der Waals surface area contributed by atoms with Crippen LogP contribution in [-0.2, 0) is 11.2 Å². The lowest BCUT2D eigenvalue weighted by Crippen LogP contribution is -2.40. The first-order chi connectivity index (χ1) is 12.5. The number of carbonyl (C=O) groups is 2. The summed E-state index contributed by atoms with van der Waals surface area (Å²) in [5, 5.41) is 4.58. The molecule has 2 heterocycles. The van der Waals surface area contributed by atoms with Gasteiger partial charge in [0.05, 0.1) is 11.6 Å². The Bertz CT molecular complexity index is 822. The largest absolute Gasteiger partial charge is 0.351 e. The number of halogens is 2. The molecule has 2 amide bonds. The molecule has 0 saturated heterocycles. The van der Waals surface area contributed by atoms with E-state index >= 15 is 0 Å². The smallest absolute Gasteiger partial charge is 0.254 e. The molecule has 1 aromatic heterocycles. The van der Waals surface area contributed by atoms with Crippen LogP contribution in [0.3, 0.4) is 0 Å². The van der Waals surface area contributed by atoms with Crippen molar-refractivity contribution in [1.82, 2.24) is 10.2 Å². The normalized spacial score (nSPS) is 16.3. The number of nitrogens with zero attached hydrogens (tertiary/aromatic N) is 1. The van der Waals surface area contributed by atoms with Gasteiger partial charge in [0.25, 0.3) is 5.91 Å². The molecule has 7 heteroatoms. The zero-order chi connectivity index (χ0) is 18.7. The van der Waals surface area contributed by atoms with Gasteiger partial charge < -0.3 is 10.2 Å². The molecule has 0 saturated carbocycles. The molecule has 1 aliphatic rings. The van der Waals surface area contributed by atoms with Gasteiger partial charge >= 0.3 is 0 Å². The summed E-state index contributed by atoms with van der Waals surface area (Å²) in [6.07, 6.45) is 1.83. The maximum absolute atomic E-state index is 13.6. The van der Waals surface area contributed by atoms with Gasteiger partial charge in [-0.2, -0.15) is 0 Å². The molecule has 1 unspecified atom stereocenters. The Hall–Kier alpha value is -2.28. The summed E-state index contributed by atoms with van der Waals surface area (Å²) in [6.45, 7) is 2.83. The lowest BCUT2D eigenvalue weighted by Gasteiger charge is -2.35. The van der Waals surface area contributed by atoms with Crippen molar-refractivity contribution in [1.29, 1.82) is 0 Å². The predicted octanol–water partition coefficient (Wildman–Crippen LogP) is 3.68. The van der Waals surface area contributed by atoms with Crippen LogP contribution < -0.4 is 5.32 Å². The van der Waals surface area contributed by atoms with Crippen molar-refractivity contribution in [3.05, 3.63) is 57.3 Å². The average molecular weight is 378 g/mol. The van der Waals surface area contributed by atoms with Crippen LogP contribution in [-0.4, -0.2) is 29.8 Å². The first kappa shape index (κ1) is 18.5. The van der Waals surface area contributed by atoms with Crippen molar-refractivity contribution in [2.24, 2.45) is 0 Å². The van der Waals surface area contributed by atoms with Gasteiger partial charge in [0.1, 0.15) is 11.6 Å². The van der Waals surface area contributed by atoms with E-state index in [1.807, 2.05) is 4.90 Å². The quantitative estimate of drug-likeness (QED) is 0.863. The maximum atomic E-state index is 13.6. The van der Waals surface area contributed by atoms with E-state index in [9.17, 15) is 18.4 Å². The first-order valence-corrected chi connectivity index (χ1v) is 9.48. The molecule has 0 radical (unpaired) electrons. The predicted molar refractivity (Wildman–Crippen MR) is 96.1 cm³/mol. The highest BCUT2D eigenvalue weighted by Gasteiger charge is 2.29. The molecule has 0 aliphatic carbocycles. The molecule has 26 heavy (non-hydrogen) atoms. The number of rotatable bonds is 5. The number of hydrogen-bond donors (Lipinski definition) is 1. The minimum Gasteiger partial charge on any atom is -0.351 e. The SMILES string of the molecule is CCC1c2ccsc2CCN1C(=O)CCNC(=O)c1ccc(F)cc1F. The van der Waals surface area contributed by atoms with E-state index in [0.717, 1.165) is 25.0 Å². The number of fused-ring (bicyclic) bond motifs is 1. The van der Waals surface area contributed by atoms with E-state index in [4.69, 9.17) is 0 Å².